The first-order valence-electron chi connectivity index (χ1n) is 6.23. The van der Waals surface area contributed by atoms with E-state index >= 15 is 0 Å². The summed E-state index contributed by atoms with van der Waals surface area (Å²) < 4.78 is 5.66. The summed E-state index contributed by atoms with van der Waals surface area (Å²) in [5.74, 6) is 0.680. The summed E-state index contributed by atoms with van der Waals surface area (Å²) >= 11 is 0. The smallest absolute Gasteiger partial charge is 0.134 e. The van der Waals surface area contributed by atoms with Gasteiger partial charge in [-0.25, -0.2) is 0 Å². The fraction of sp³-hybridized carbons (Fsp3) is 0.429. The quantitative estimate of drug-likeness (QED) is 0.853. The highest BCUT2D eigenvalue weighted by Crippen LogP contribution is 2.27. The van der Waals surface area contributed by atoms with Crippen molar-refractivity contribution >= 4 is 11.0 Å². The van der Waals surface area contributed by atoms with Crippen LogP contribution in [0.4, 0.5) is 0 Å². The van der Waals surface area contributed by atoms with E-state index in [1.54, 1.807) is 0 Å². The molecule has 3 nitrogen and oxygen atoms in total. The van der Waals surface area contributed by atoms with Crippen LogP contribution < -0.4 is 5.32 Å². The molecule has 1 aliphatic rings. The number of aliphatic hydroxyl groups excluding tert-OH is 1. The Labute approximate surface area is 100 Å². The summed E-state index contributed by atoms with van der Waals surface area (Å²) in [5.41, 5.74) is 0.848. The number of nitrogens with one attached hydrogen (secondary N) is 1. The van der Waals surface area contributed by atoms with Gasteiger partial charge in [-0.1, -0.05) is 18.2 Å². The molecule has 0 radical (unpaired) electrons. The zero-order valence-electron chi connectivity index (χ0n) is 9.73. The Kier molecular flexibility index (Phi) is 2.87. The zero-order valence-corrected chi connectivity index (χ0v) is 9.73. The molecule has 1 saturated heterocycles. The van der Waals surface area contributed by atoms with Crippen molar-refractivity contribution in [2.75, 3.05) is 6.54 Å². The van der Waals surface area contributed by atoms with E-state index in [1.165, 1.54) is 6.42 Å². The standard InChI is InChI=1S/C14H17NO2/c16-12(9-11-5-3-7-15-11)14-8-10-4-1-2-6-13(10)17-14/h1-2,4,6,8,11-12,15-16H,3,5,7,9H2. The molecule has 90 valence electrons. The molecule has 1 aromatic heterocycles. The molecule has 0 spiro atoms. The molecule has 17 heavy (non-hydrogen) atoms. The maximum Gasteiger partial charge on any atom is 0.134 e. The van der Waals surface area contributed by atoms with Gasteiger partial charge in [0.15, 0.2) is 0 Å². The van der Waals surface area contributed by atoms with Crippen molar-refractivity contribution in [3.05, 3.63) is 36.1 Å². The minimum Gasteiger partial charge on any atom is -0.458 e. The first-order chi connectivity index (χ1) is 8.33. The lowest BCUT2D eigenvalue weighted by Crippen LogP contribution is -2.23. The van der Waals surface area contributed by atoms with Gasteiger partial charge in [0.05, 0.1) is 0 Å². The van der Waals surface area contributed by atoms with Crippen molar-refractivity contribution < 1.29 is 9.52 Å². The van der Waals surface area contributed by atoms with Crippen molar-refractivity contribution in [2.45, 2.75) is 31.4 Å². The number of hydrogen-bond acceptors (Lipinski definition) is 3. The number of benzene rings is 1. The Bertz CT molecular complexity index is 467. The van der Waals surface area contributed by atoms with Gasteiger partial charge >= 0.3 is 0 Å². The molecule has 1 fully saturated rings. The zero-order chi connectivity index (χ0) is 11.7. The van der Waals surface area contributed by atoms with Gasteiger partial charge in [-0.05, 0) is 37.9 Å². The average Bonchev–Trinajstić information content (AvgIpc) is 2.96. The number of furan rings is 1. The van der Waals surface area contributed by atoms with E-state index < -0.39 is 6.10 Å². The number of aliphatic hydroxyl groups is 1. The molecule has 2 atom stereocenters. The van der Waals surface area contributed by atoms with E-state index in [0.717, 1.165) is 30.4 Å². The van der Waals surface area contributed by atoms with Crippen LogP contribution in [-0.2, 0) is 0 Å². The summed E-state index contributed by atoms with van der Waals surface area (Å²) in [6, 6.07) is 10.2. The second kappa shape index (κ2) is 4.51. The van der Waals surface area contributed by atoms with E-state index in [9.17, 15) is 5.11 Å². The molecular weight excluding hydrogens is 214 g/mol. The van der Waals surface area contributed by atoms with Gasteiger partial charge in [-0.3, -0.25) is 0 Å². The Balaban J connectivity index is 1.77. The second-order valence-corrected chi connectivity index (χ2v) is 4.73. The van der Waals surface area contributed by atoms with Gasteiger partial charge in [-0.15, -0.1) is 0 Å². The van der Waals surface area contributed by atoms with Crippen LogP contribution in [0.2, 0.25) is 0 Å². The third-order valence-electron chi connectivity index (χ3n) is 3.44. The summed E-state index contributed by atoms with van der Waals surface area (Å²) in [7, 11) is 0. The molecule has 0 saturated carbocycles. The lowest BCUT2D eigenvalue weighted by Gasteiger charge is -2.13. The first kappa shape index (κ1) is 10.8. The van der Waals surface area contributed by atoms with Crippen LogP contribution in [-0.4, -0.2) is 17.7 Å². The number of rotatable bonds is 3. The number of para-hydroxylation sites is 1. The van der Waals surface area contributed by atoms with Gasteiger partial charge in [0.1, 0.15) is 17.4 Å². The number of fused-ring (bicyclic) bond motifs is 1. The SMILES string of the molecule is OC(CC1CCCN1)c1cc2ccccc2o1. The molecule has 2 aromatic rings. The molecule has 0 aliphatic carbocycles. The van der Waals surface area contributed by atoms with Gasteiger partial charge in [0.2, 0.25) is 0 Å². The van der Waals surface area contributed by atoms with Crippen LogP contribution in [0.15, 0.2) is 34.7 Å². The minimum absolute atomic E-state index is 0.429. The molecule has 3 heteroatoms. The summed E-state index contributed by atoms with van der Waals surface area (Å²) in [6.07, 6.45) is 2.59. The van der Waals surface area contributed by atoms with Gasteiger partial charge < -0.3 is 14.8 Å². The van der Waals surface area contributed by atoms with Crippen molar-refractivity contribution in [3.8, 4) is 0 Å². The fourth-order valence-corrected chi connectivity index (χ4v) is 2.51. The monoisotopic (exact) mass is 231 g/mol. The molecule has 2 N–H and O–H groups in total. The summed E-state index contributed by atoms with van der Waals surface area (Å²) in [4.78, 5) is 0. The van der Waals surface area contributed by atoms with Crippen LogP contribution in [0.1, 0.15) is 31.1 Å². The predicted octanol–water partition coefficient (Wildman–Crippen LogP) is 2.61. The Morgan fingerprint density at radius 2 is 2.29 bits per heavy atom. The molecule has 3 rings (SSSR count). The molecule has 0 amide bonds. The van der Waals surface area contributed by atoms with Crippen molar-refractivity contribution in [3.63, 3.8) is 0 Å². The molecule has 0 bridgehead atoms. The van der Waals surface area contributed by atoms with Gasteiger partial charge in [0, 0.05) is 11.4 Å². The fourth-order valence-electron chi connectivity index (χ4n) is 2.51. The van der Waals surface area contributed by atoms with Crippen LogP contribution in [0.5, 0.6) is 0 Å². The third-order valence-corrected chi connectivity index (χ3v) is 3.44. The topological polar surface area (TPSA) is 45.4 Å². The van der Waals surface area contributed by atoms with Crippen molar-refractivity contribution in [1.29, 1.82) is 0 Å². The van der Waals surface area contributed by atoms with E-state index in [2.05, 4.69) is 5.32 Å². The maximum absolute atomic E-state index is 10.1. The molecule has 2 heterocycles. The highest BCUT2D eigenvalue weighted by atomic mass is 16.4. The van der Waals surface area contributed by atoms with Gasteiger partial charge in [0.25, 0.3) is 0 Å². The Hall–Kier alpha value is -1.32. The van der Waals surface area contributed by atoms with E-state index in [0.29, 0.717) is 11.8 Å². The molecule has 2 unspecified atom stereocenters. The highest BCUT2D eigenvalue weighted by Gasteiger charge is 2.21. The Morgan fingerprint density at radius 1 is 1.41 bits per heavy atom. The molecule has 1 aromatic carbocycles. The summed E-state index contributed by atoms with van der Waals surface area (Å²) in [5, 5.41) is 14.6. The van der Waals surface area contributed by atoms with Crippen molar-refractivity contribution in [1.82, 2.24) is 5.32 Å². The van der Waals surface area contributed by atoms with E-state index in [4.69, 9.17) is 4.42 Å². The molecule has 1 aliphatic heterocycles. The summed E-state index contributed by atoms with van der Waals surface area (Å²) in [6.45, 7) is 1.07. The minimum atomic E-state index is -0.502. The van der Waals surface area contributed by atoms with Crippen LogP contribution in [0, 0.1) is 0 Å². The first-order valence-corrected chi connectivity index (χ1v) is 6.23. The lowest BCUT2D eigenvalue weighted by atomic mass is 10.1. The lowest BCUT2D eigenvalue weighted by molar-refractivity contribution is 0.131. The van der Waals surface area contributed by atoms with Crippen molar-refractivity contribution in [2.24, 2.45) is 0 Å². The van der Waals surface area contributed by atoms with Crippen LogP contribution in [0.25, 0.3) is 11.0 Å². The molecular formula is C14H17NO2. The van der Waals surface area contributed by atoms with E-state index in [1.807, 2.05) is 30.3 Å². The van der Waals surface area contributed by atoms with Crippen LogP contribution >= 0.6 is 0 Å². The predicted molar refractivity (Wildman–Crippen MR) is 66.8 cm³/mol. The normalized spacial score (nSPS) is 22.1. The maximum atomic E-state index is 10.1. The average molecular weight is 231 g/mol. The van der Waals surface area contributed by atoms with Crippen LogP contribution in [0.3, 0.4) is 0 Å². The Morgan fingerprint density at radius 3 is 3.06 bits per heavy atom. The largest absolute Gasteiger partial charge is 0.458 e. The van der Waals surface area contributed by atoms with Gasteiger partial charge in [-0.2, -0.15) is 0 Å². The third kappa shape index (κ3) is 2.21. The second-order valence-electron chi connectivity index (χ2n) is 4.73. The van der Waals surface area contributed by atoms with E-state index in [-0.39, 0.29) is 0 Å². The highest BCUT2D eigenvalue weighted by molar-refractivity contribution is 5.77. The number of hydrogen-bond donors (Lipinski definition) is 2.